The van der Waals surface area contributed by atoms with Gasteiger partial charge >= 0.3 is 6.18 Å². The van der Waals surface area contributed by atoms with Crippen LogP contribution in [-0.4, -0.2) is 45.9 Å². The Labute approximate surface area is 186 Å². The molecule has 33 heavy (non-hydrogen) atoms. The van der Waals surface area contributed by atoms with Crippen LogP contribution in [0.5, 0.6) is 5.75 Å². The second-order valence-electron chi connectivity index (χ2n) is 7.87. The lowest BCUT2D eigenvalue weighted by Gasteiger charge is -2.32. The summed E-state index contributed by atoms with van der Waals surface area (Å²) >= 11 is 0. The molecular weight excluding hydrogens is 444 g/mol. The highest BCUT2D eigenvalue weighted by molar-refractivity contribution is 5.79. The van der Waals surface area contributed by atoms with Crippen LogP contribution in [0.25, 0.3) is 5.65 Å². The second kappa shape index (κ2) is 8.83. The normalized spacial score (nSPS) is 16.1. The minimum absolute atomic E-state index is 0.00398. The van der Waals surface area contributed by atoms with Crippen LogP contribution >= 0.6 is 0 Å². The third-order valence-corrected chi connectivity index (χ3v) is 5.73. The van der Waals surface area contributed by atoms with Crippen molar-refractivity contribution in [3.05, 3.63) is 47.5 Å². The summed E-state index contributed by atoms with van der Waals surface area (Å²) in [6.07, 6.45) is -3.66. The molecular formula is C21H22F4N6O2. The summed E-state index contributed by atoms with van der Waals surface area (Å²) in [5.41, 5.74) is 0.621. The van der Waals surface area contributed by atoms with Crippen molar-refractivity contribution in [1.82, 2.24) is 25.1 Å². The van der Waals surface area contributed by atoms with E-state index in [4.69, 9.17) is 4.74 Å². The Morgan fingerprint density at radius 3 is 2.55 bits per heavy atom. The van der Waals surface area contributed by atoms with E-state index in [1.165, 1.54) is 25.3 Å². The molecule has 0 aliphatic carbocycles. The number of ether oxygens (including phenoxy) is 1. The van der Waals surface area contributed by atoms with Gasteiger partial charge in [0, 0.05) is 19.0 Å². The molecule has 2 aromatic heterocycles. The molecule has 8 nitrogen and oxygen atoms in total. The maximum absolute atomic E-state index is 14.0. The number of anilines is 1. The average Bonchev–Trinajstić information content (AvgIpc) is 3.23. The number of carbonyl (C=O) groups is 1. The number of amides is 1. The molecule has 0 spiro atoms. The molecule has 1 saturated heterocycles. The molecule has 1 aliphatic heterocycles. The lowest BCUT2D eigenvalue weighted by Crippen LogP contribution is -2.41. The molecule has 176 valence electrons. The third kappa shape index (κ3) is 4.69. The van der Waals surface area contributed by atoms with Gasteiger partial charge in [-0.1, -0.05) is 6.07 Å². The van der Waals surface area contributed by atoms with Crippen LogP contribution in [0.1, 0.15) is 37.2 Å². The number of carbonyl (C=O) groups excluding carboxylic acids is 1. The number of hydrogen-bond donors (Lipinski definition) is 1. The van der Waals surface area contributed by atoms with Crippen molar-refractivity contribution >= 4 is 17.4 Å². The highest BCUT2D eigenvalue weighted by Gasteiger charge is 2.38. The fourth-order valence-electron chi connectivity index (χ4n) is 3.86. The van der Waals surface area contributed by atoms with Crippen LogP contribution in [0.4, 0.5) is 23.4 Å². The van der Waals surface area contributed by atoms with E-state index < -0.39 is 23.9 Å². The summed E-state index contributed by atoms with van der Waals surface area (Å²) in [6.45, 7) is 2.67. The van der Waals surface area contributed by atoms with Gasteiger partial charge in [0.2, 0.25) is 5.91 Å². The van der Waals surface area contributed by atoms with Crippen molar-refractivity contribution in [2.24, 2.45) is 5.92 Å². The van der Waals surface area contributed by atoms with Gasteiger partial charge in [-0.2, -0.15) is 17.7 Å². The molecule has 1 aliphatic rings. The van der Waals surface area contributed by atoms with E-state index in [1.54, 1.807) is 19.1 Å². The standard InChI is InChI=1S/C21H22F4N6O2/c1-12(14-3-4-16(33-2)15(22)11-14)26-19(32)13-7-9-30(10-8-13)18-6-5-17-27-28-20(21(23,24)25)31(17)29-18/h3-6,11-13H,7-10H2,1-2H3,(H,26,32)/t12-/m0/s1. The number of rotatable bonds is 5. The number of methoxy groups -OCH3 is 1. The topological polar surface area (TPSA) is 84.6 Å². The first-order chi connectivity index (χ1) is 15.7. The molecule has 0 radical (unpaired) electrons. The van der Waals surface area contributed by atoms with Gasteiger partial charge in [-0.25, -0.2) is 4.39 Å². The van der Waals surface area contributed by atoms with Gasteiger partial charge in [0.15, 0.2) is 17.2 Å². The highest BCUT2D eigenvalue weighted by Crippen LogP contribution is 2.29. The van der Waals surface area contributed by atoms with Gasteiger partial charge in [0.1, 0.15) is 5.82 Å². The molecule has 3 aromatic rings. The Morgan fingerprint density at radius 1 is 1.18 bits per heavy atom. The largest absolute Gasteiger partial charge is 0.494 e. The molecule has 1 N–H and O–H groups in total. The lowest BCUT2D eigenvalue weighted by molar-refractivity contribution is -0.146. The van der Waals surface area contributed by atoms with E-state index in [0.717, 1.165) is 0 Å². The van der Waals surface area contributed by atoms with Crippen LogP contribution < -0.4 is 15.0 Å². The Balaban J connectivity index is 1.38. The fraction of sp³-hybridized carbons (Fsp3) is 0.429. The zero-order valence-corrected chi connectivity index (χ0v) is 17.9. The quantitative estimate of drug-likeness (QED) is 0.581. The maximum atomic E-state index is 14.0. The van der Waals surface area contributed by atoms with Crippen LogP contribution in [-0.2, 0) is 11.0 Å². The van der Waals surface area contributed by atoms with E-state index >= 15 is 0 Å². The molecule has 1 aromatic carbocycles. The smallest absolute Gasteiger partial charge is 0.453 e. The number of halogens is 4. The first-order valence-electron chi connectivity index (χ1n) is 10.4. The molecule has 1 fully saturated rings. The zero-order valence-electron chi connectivity index (χ0n) is 17.9. The first kappa shape index (κ1) is 22.7. The highest BCUT2D eigenvalue weighted by atomic mass is 19.4. The number of nitrogens with one attached hydrogen (secondary N) is 1. The van der Waals surface area contributed by atoms with Gasteiger partial charge in [-0.05, 0) is 49.6 Å². The Bertz CT molecular complexity index is 1160. The van der Waals surface area contributed by atoms with Gasteiger partial charge in [0.05, 0.1) is 13.2 Å². The van der Waals surface area contributed by atoms with E-state index in [2.05, 4.69) is 20.6 Å². The van der Waals surface area contributed by atoms with E-state index in [9.17, 15) is 22.4 Å². The monoisotopic (exact) mass is 466 g/mol. The zero-order chi connectivity index (χ0) is 23.8. The third-order valence-electron chi connectivity index (χ3n) is 5.73. The lowest BCUT2D eigenvalue weighted by atomic mass is 9.95. The maximum Gasteiger partial charge on any atom is 0.453 e. The summed E-state index contributed by atoms with van der Waals surface area (Å²) < 4.78 is 58.9. The van der Waals surface area contributed by atoms with Crippen LogP contribution in [0.15, 0.2) is 30.3 Å². The van der Waals surface area contributed by atoms with Crippen molar-refractivity contribution < 1.29 is 27.1 Å². The van der Waals surface area contributed by atoms with Crippen molar-refractivity contribution in [2.75, 3.05) is 25.1 Å². The number of hydrogen-bond acceptors (Lipinski definition) is 6. The molecule has 3 heterocycles. The number of fused-ring (bicyclic) bond motifs is 1. The Morgan fingerprint density at radius 2 is 1.91 bits per heavy atom. The van der Waals surface area contributed by atoms with Crippen molar-refractivity contribution in [1.29, 1.82) is 0 Å². The minimum Gasteiger partial charge on any atom is -0.494 e. The SMILES string of the molecule is COc1ccc([C@H](C)NC(=O)C2CCN(c3ccc4nnc(C(F)(F)F)n4n3)CC2)cc1F. The summed E-state index contributed by atoms with van der Waals surface area (Å²) in [5, 5.41) is 13.6. The summed E-state index contributed by atoms with van der Waals surface area (Å²) in [7, 11) is 1.38. The number of alkyl halides is 3. The number of aromatic nitrogens is 4. The van der Waals surface area contributed by atoms with E-state index in [0.29, 0.717) is 41.8 Å². The second-order valence-corrected chi connectivity index (χ2v) is 7.87. The first-order valence-corrected chi connectivity index (χ1v) is 10.4. The molecule has 0 saturated carbocycles. The number of piperidine rings is 1. The predicted molar refractivity (Wildman–Crippen MR) is 110 cm³/mol. The molecule has 1 atom stereocenters. The molecule has 0 bridgehead atoms. The van der Waals surface area contributed by atoms with Crippen LogP contribution in [0, 0.1) is 11.7 Å². The summed E-state index contributed by atoms with van der Waals surface area (Å²) in [5.74, 6) is -1.62. The van der Waals surface area contributed by atoms with E-state index in [-0.39, 0.29) is 23.2 Å². The van der Waals surface area contributed by atoms with Crippen molar-refractivity contribution in [2.45, 2.75) is 32.0 Å². The number of benzene rings is 1. The summed E-state index contributed by atoms with van der Waals surface area (Å²) in [4.78, 5) is 14.5. The summed E-state index contributed by atoms with van der Waals surface area (Å²) in [6, 6.07) is 7.15. The molecule has 12 heteroatoms. The Kier molecular flexibility index (Phi) is 6.09. The van der Waals surface area contributed by atoms with Gasteiger partial charge in [0.25, 0.3) is 5.82 Å². The fourth-order valence-corrected chi connectivity index (χ4v) is 3.86. The van der Waals surface area contributed by atoms with Gasteiger partial charge in [-0.3, -0.25) is 4.79 Å². The average molecular weight is 466 g/mol. The number of nitrogens with zero attached hydrogens (tertiary/aromatic N) is 5. The van der Waals surface area contributed by atoms with Crippen molar-refractivity contribution in [3.8, 4) is 5.75 Å². The predicted octanol–water partition coefficient (Wildman–Crippen LogP) is 3.38. The molecule has 4 rings (SSSR count). The minimum atomic E-state index is -4.67. The van der Waals surface area contributed by atoms with E-state index in [1.807, 2.05) is 4.90 Å². The van der Waals surface area contributed by atoms with Crippen molar-refractivity contribution in [3.63, 3.8) is 0 Å². The van der Waals surface area contributed by atoms with Crippen LogP contribution in [0.2, 0.25) is 0 Å². The molecule has 0 unspecified atom stereocenters. The molecule has 1 amide bonds. The van der Waals surface area contributed by atoms with Crippen LogP contribution in [0.3, 0.4) is 0 Å². The Hall–Kier alpha value is -3.44. The van der Waals surface area contributed by atoms with Gasteiger partial charge < -0.3 is 15.0 Å². The van der Waals surface area contributed by atoms with Gasteiger partial charge in [-0.15, -0.1) is 15.3 Å².